The highest BCUT2D eigenvalue weighted by Gasteiger charge is 2.52. The van der Waals surface area contributed by atoms with Crippen molar-refractivity contribution in [3.05, 3.63) is 57.8 Å². The quantitative estimate of drug-likeness (QED) is 0.813. The SMILES string of the molecule is CCN1CC=C2[C@H](C1)[C@@H](c1ccc(Cl)cc1)C(C#N)=C(N)C2(C#N)C#N. The van der Waals surface area contributed by atoms with Crippen LogP contribution >= 0.6 is 11.6 Å². The van der Waals surface area contributed by atoms with Crippen LogP contribution in [0.25, 0.3) is 0 Å². The Bertz CT molecular complexity index is 893. The molecular formula is C20H18ClN5. The molecule has 2 atom stereocenters. The van der Waals surface area contributed by atoms with Crippen LogP contribution in [0.2, 0.25) is 5.02 Å². The smallest absolute Gasteiger partial charge is 0.204 e. The minimum absolute atomic E-state index is 0.0531. The van der Waals surface area contributed by atoms with Gasteiger partial charge in [0, 0.05) is 29.9 Å². The van der Waals surface area contributed by atoms with Crippen LogP contribution in [0.5, 0.6) is 0 Å². The fraction of sp³-hybridized carbons (Fsp3) is 0.350. The van der Waals surface area contributed by atoms with Crippen molar-refractivity contribution in [2.45, 2.75) is 12.8 Å². The van der Waals surface area contributed by atoms with Gasteiger partial charge >= 0.3 is 0 Å². The van der Waals surface area contributed by atoms with Crippen molar-refractivity contribution in [1.29, 1.82) is 15.8 Å². The number of hydrogen-bond acceptors (Lipinski definition) is 5. The monoisotopic (exact) mass is 363 g/mol. The molecule has 0 bridgehead atoms. The van der Waals surface area contributed by atoms with Crippen molar-refractivity contribution in [1.82, 2.24) is 4.90 Å². The molecule has 1 aliphatic carbocycles. The Labute approximate surface area is 158 Å². The van der Waals surface area contributed by atoms with Gasteiger partial charge in [-0.15, -0.1) is 0 Å². The van der Waals surface area contributed by atoms with Crippen LogP contribution in [-0.4, -0.2) is 24.5 Å². The molecule has 3 rings (SSSR count). The summed E-state index contributed by atoms with van der Waals surface area (Å²) in [6.45, 7) is 4.24. The molecule has 0 spiro atoms. The molecule has 2 aliphatic rings. The van der Waals surface area contributed by atoms with Gasteiger partial charge in [0.05, 0.1) is 29.5 Å². The predicted octanol–water partition coefficient (Wildman–Crippen LogP) is 3.09. The van der Waals surface area contributed by atoms with Crippen molar-refractivity contribution in [3.63, 3.8) is 0 Å². The Morgan fingerprint density at radius 3 is 2.42 bits per heavy atom. The fourth-order valence-corrected chi connectivity index (χ4v) is 4.13. The third-order valence-corrected chi connectivity index (χ3v) is 5.65. The summed E-state index contributed by atoms with van der Waals surface area (Å²) in [5.74, 6) is -0.459. The Hall–Kier alpha value is -2.78. The molecule has 1 aliphatic heterocycles. The van der Waals surface area contributed by atoms with E-state index in [2.05, 4.69) is 30.0 Å². The number of likely N-dealkylation sites (N-methyl/N-ethyl adjacent to an activating group) is 1. The molecule has 130 valence electrons. The van der Waals surface area contributed by atoms with Crippen LogP contribution in [0.4, 0.5) is 0 Å². The van der Waals surface area contributed by atoms with E-state index in [-0.39, 0.29) is 17.5 Å². The third kappa shape index (κ3) is 2.56. The number of rotatable bonds is 2. The Morgan fingerprint density at radius 2 is 1.88 bits per heavy atom. The molecule has 0 saturated carbocycles. The van der Waals surface area contributed by atoms with Gasteiger partial charge in [-0.25, -0.2) is 0 Å². The normalized spacial score (nSPS) is 24.7. The summed E-state index contributed by atoms with van der Waals surface area (Å²) in [5.41, 5.74) is 6.66. The first kappa shape index (κ1) is 18.0. The lowest BCUT2D eigenvalue weighted by molar-refractivity contribution is 0.234. The summed E-state index contributed by atoms with van der Waals surface area (Å²) in [5, 5.41) is 30.1. The van der Waals surface area contributed by atoms with Gasteiger partial charge in [-0.2, -0.15) is 15.8 Å². The summed E-state index contributed by atoms with van der Waals surface area (Å²) in [6.07, 6.45) is 1.94. The molecule has 0 amide bonds. The Balaban J connectivity index is 2.28. The largest absolute Gasteiger partial charge is 0.399 e. The maximum absolute atomic E-state index is 9.82. The zero-order chi connectivity index (χ0) is 18.9. The predicted molar refractivity (Wildman–Crippen MR) is 98.4 cm³/mol. The average Bonchev–Trinajstić information content (AvgIpc) is 2.68. The second-order valence-electron chi connectivity index (χ2n) is 6.56. The van der Waals surface area contributed by atoms with E-state index in [9.17, 15) is 15.8 Å². The van der Waals surface area contributed by atoms with E-state index in [1.165, 1.54) is 0 Å². The highest BCUT2D eigenvalue weighted by atomic mass is 35.5. The minimum Gasteiger partial charge on any atom is -0.399 e. The maximum Gasteiger partial charge on any atom is 0.204 e. The lowest BCUT2D eigenvalue weighted by atomic mass is 9.60. The Morgan fingerprint density at radius 1 is 1.23 bits per heavy atom. The number of benzene rings is 1. The van der Waals surface area contributed by atoms with E-state index in [0.29, 0.717) is 29.3 Å². The molecule has 0 aromatic heterocycles. The van der Waals surface area contributed by atoms with Crippen molar-refractivity contribution >= 4 is 11.6 Å². The highest BCUT2D eigenvalue weighted by Crippen LogP contribution is 2.52. The maximum atomic E-state index is 9.82. The number of nitrogens with two attached hydrogens (primary N) is 1. The van der Waals surface area contributed by atoms with E-state index < -0.39 is 5.41 Å². The molecule has 0 fully saturated rings. The lowest BCUT2D eigenvalue weighted by Crippen LogP contribution is -2.47. The standard InChI is InChI=1S/C20H18ClN5/c1-2-26-8-7-17-16(10-26)18(13-3-5-14(21)6-4-13)15(9-22)19(25)20(17,11-23)12-24/h3-7,16,18H,2,8,10,25H2,1H3/t16-,18-/m0/s1. The molecular weight excluding hydrogens is 346 g/mol. The van der Waals surface area contributed by atoms with Gasteiger partial charge in [-0.05, 0) is 29.8 Å². The topological polar surface area (TPSA) is 101 Å². The van der Waals surface area contributed by atoms with Gasteiger partial charge in [0.2, 0.25) is 5.41 Å². The second kappa shape index (κ2) is 6.85. The van der Waals surface area contributed by atoms with Gasteiger partial charge in [0.1, 0.15) is 0 Å². The van der Waals surface area contributed by atoms with Gasteiger partial charge in [0.25, 0.3) is 0 Å². The minimum atomic E-state index is -1.57. The molecule has 6 heteroatoms. The van der Waals surface area contributed by atoms with E-state index >= 15 is 0 Å². The highest BCUT2D eigenvalue weighted by molar-refractivity contribution is 6.30. The first-order chi connectivity index (χ1) is 12.5. The summed E-state index contributed by atoms with van der Waals surface area (Å²) in [4.78, 5) is 2.23. The molecule has 0 unspecified atom stereocenters. The van der Waals surface area contributed by atoms with Crippen molar-refractivity contribution in [2.75, 3.05) is 19.6 Å². The van der Waals surface area contributed by atoms with Crippen molar-refractivity contribution in [3.8, 4) is 18.2 Å². The number of nitrogens with zero attached hydrogens (tertiary/aromatic N) is 4. The first-order valence-corrected chi connectivity index (χ1v) is 8.81. The van der Waals surface area contributed by atoms with Crippen molar-refractivity contribution in [2.24, 2.45) is 17.1 Å². The van der Waals surface area contributed by atoms with E-state index in [1.54, 1.807) is 12.1 Å². The third-order valence-electron chi connectivity index (χ3n) is 5.40. The van der Waals surface area contributed by atoms with E-state index in [0.717, 1.165) is 12.1 Å². The molecule has 5 nitrogen and oxygen atoms in total. The summed E-state index contributed by atoms with van der Waals surface area (Å²) in [6, 6.07) is 13.7. The summed E-state index contributed by atoms with van der Waals surface area (Å²) >= 11 is 6.02. The van der Waals surface area contributed by atoms with Gasteiger partial charge in [-0.1, -0.05) is 36.7 Å². The molecule has 0 radical (unpaired) electrons. The zero-order valence-corrected chi connectivity index (χ0v) is 15.2. The van der Waals surface area contributed by atoms with Crippen molar-refractivity contribution < 1.29 is 0 Å². The van der Waals surface area contributed by atoms with Crippen LogP contribution in [0.15, 0.2) is 47.2 Å². The first-order valence-electron chi connectivity index (χ1n) is 8.43. The summed E-state index contributed by atoms with van der Waals surface area (Å²) < 4.78 is 0. The number of nitriles is 3. The molecule has 1 aromatic carbocycles. The lowest BCUT2D eigenvalue weighted by Gasteiger charge is -2.45. The molecule has 26 heavy (non-hydrogen) atoms. The van der Waals surface area contributed by atoms with Crippen LogP contribution in [0, 0.1) is 45.3 Å². The molecule has 1 heterocycles. The van der Waals surface area contributed by atoms with Crippen LogP contribution < -0.4 is 5.73 Å². The van der Waals surface area contributed by atoms with Crippen LogP contribution in [0.1, 0.15) is 18.4 Å². The molecule has 0 saturated heterocycles. The van der Waals surface area contributed by atoms with Gasteiger partial charge in [0.15, 0.2) is 0 Å². The van der Waals surface area contributed by atoms with Crippen LogP contribution in [-0.2, 0) is 0 Å². The molecule has 2 N–H and O–H groups in total. The summed E-state index contributed by atoms with van der Waals surface area (Å²) in [7, 11) is 0. The zero-order valence-electron chi connectivity index (χ0n) is 14.4. The Kier molecular flexibility index (Phi) is 4.75. The number of fused-ring (bicyclic) bond motifs is 1. The number of halogens is 1. The molecule has 1 aromatic rings. The number of allylic oxidation sites excluding steroid dienone is 2. The van der Waals surface area contributed by atoms with Gasteiger partial charge < -0.3 is 5.73 Å². The second-order valence-corrected chi connectivity index (χ2v) is 7.00. The fourth-order valence-electron chi connectivity index (χ4n) is 4.00. The van der Waals surface area contributed by atoms with E-state index in [1.807, 2.05) is 18.2 Å². The number of hydrogen-bond donors (Lipinski definition) is 1. The van der Waals surface area contributed by atoms with E-state index in [4.69, 9.17) is 17.3 Å². The van der Waals surface area contributed by atoms with Crippen LogP contribution in [0.3, 0.4) is 0 Å². The van der Waals surface area contributed by atoms with Gasteiger partial charge in [-0.3, -0.25) is 4.90 Å². The average molecular weight is 364 g/mol.